The lowest BCUT2D eigenvalue weighted by atomic mass is 10.4. The summed E-state index contributed by atoms with van der Waals surface area (Å²) < 4.78 is 16.0. The zero-order chi connectivity index (χ0) is 10.6. The summed E-state index contributed by atoms with van der Waals surface area (Å²) in [6.07, 6.45) is 2.29. The fraction of sp³-hybridized carbons (Fsp3) is 1.00. The van der Waals surface area contributed by atoms with E-state index in [9.17, 15) is 0 Å². The minimum absolute atomic E-state index is 0.327. The van der Waals surface area contributed by atoms with Gasteiger partial charge in [0.1, 0.15) is 0 Å². The number of hydrogen-bond acceptors (Lipinski definition) is 3. The predicted molar refractivity (Wildman–Crippen MR) is 57.6 cm³/mol. The van der Waals surface area contributed by atoms with Gasteiger partial charge in [0, 0.05) is 33.0 Å². The molecule has 0 N–H and O–H groups in total. The average molecular weight is 204 g/mol. The van der Waals surface area contributed by atoms with Gasteiger partial charge in [0.25, 0.3) is 0 Å². The van der Waals surface area contributed by atoms with E-state index in [0.29, 0.717) is 6.10 Å². The van der Waals surface area contributed by atoms with Crippen molar-refractivity contribution in [3.8, 4) is 0 Å². The van der Waals surface area contributed by atoms with E-state index in [0.717, 1.165) is 45.9 Å². The smallest absolute Gasteiger partial charge is 0.0518 e. The topological polar surface area (TPSA) is 27.7 Å². The average Bonchev–Trinajstić information content (AvgIpc) is 2.15. The van der Waals surface area contributed by atoms with Crippen molar-refractivity contribution in [2.24, 2.45) is 0 Å². The lowest BCUT2D eigenvalue weighted by Gasteiger charge is -2.07. The zero-order valence-corrected chi connectivity index (χ0v) is 9.75. The van der Waals surface area contributed by atoms with E-state index in [1.807, 2.05) is 20.8 Å². The molecule has 0 radical (unpaired) electrons. The zero-order valence-electron chi connectivity index (χ0n) is 9.75. The summed E-state index contributed by atoms with van der Waals surface area (Å²) in [5.74, 6) is 0. The van der Waals surface area contributed by atoms with Crippen molar-refractivity contribution >= 4 is 0 Å². The van der Waals surface area contributed by atoms with Crippen LogP contribution in [0.15, 0.2) is 0 Å². The van der Waals surface area contributed by atoms with Gasteiger partial charge in [0.2, 0.25) is 0 Å². The molecule has 0 saturated carbocycles. The summed E-state index contributed by atoms with van der Waals surface area (Å²) in [5, 5.41) is 0. The van der Waals surface area contributed by atoms with E-state index in [1.165, 1.54) is 0 Å². The first-order valence-corrected chi connectivity index (χ1v) is 5.54. The van der Waals surface area contributed by atoms with Crippen LogP contribution in [0.2, 0.25) is 0 Å². The highest BCUT2D eigenvalue weighted by atomic mass is 16.5. The Kier molecular flexibility index (Phi) is 10.9. The maximum absolute atomic E-state index is 5.40. The normalized spacial score (nSPS) is 11.1. The van der Waals surface area contributed by atoms with Crippen molar-refractivity contribution in [3.63, 3.8) is 0 Å². The van der Waals surface area contributed by atoms with Crippen LogP contribution in [0.25, 0.3) is 0 Å². The molecule has 0 aromatic heterocycles. The van der Waals surface area contributed by atoms with E-state index in [2.05, 4.69) is 0 Å². The highest BCUT2D eigenvalue weighted by Gasteiger charge is 1.93. The molecule has 0 fully saturated rings. The molecule has 3 nitrogen and oxygen atoms in total. The summed E-state index contributed by atoms with van der Waals surface area (Å²) in [6, 6.07) is 0. The van der Waals surface area contributed by atoms with Crippen LogP contribution in [0.3, 0.4) is 0 Å². The Morgan fingerprint density at radius 1 is 0.857 bits per heavy atom. The van der Waals surface area contributed by atoms with Crippen molar-refractivity contribution in [3.05, 3.63) is 0 Å². The Balaban J connectivity index is 2.85. The Morgan fingerprint density at radius 3 is 2.00 bits per heavy atom. The molecule has 3 heteroatoms. The van der Waals surface area contributed by atoms with Gasteiger partial charge in [-0.15, -0.1) is 0 Å². The largest absolute Gasteiger partial charge is 0.382 e. The van der Waals surface area contributed by atoms with Crippen molar-refractivity contribution in [1.82, 2.24) is 0 Å². The first-order valence-electron chi connectivity index (χ1n) is 5.54. The van der Waals surface area contributed by atoms with E-state index < -0.39 is 0 Å². The minimum Gasteiger partial charge on any atom is -0.382 e. The summed E-state index contributed by atoms with van der Waals surface area (Å²) in [6.45, 7) is 10.1. The first-order chi connectivity index (χ1) is 6.77. The summed E-state index contributed by atoms with van der Waals surface area (Å²) in [4.78, 5) is 0. The standard InChI is InChI=1S/C11H24O3/c1-4-12-7-5-8-13-9-6-10-14-11(2)3/h11H,4-10H2,1-3H3. The molecule has 0 aromatic carbocycles. The molecule has 0 aliphatic carbocycles. The van der Waals surface area contributed by atoms with Gasteiger partial charge in [-0.25, -0.2) is 0 Å². The van der Waals surface area contributed by atoms with Crippen molar-refractivity contribution in [1.29, 1.82) is 0 Å². The van der Waals surface area contributed by atoms with Gasteiger partial charge in [0.15, 0.2) is 0 Å². The minimum atomic E-state index is 0.327. The maximum Gasteiger partial charge on any atom is 0.0518 e. The molecule has 0 aliphatic heterocycles. The molecule has 0 rings (SSSR count). The third kappa shape index (κ3) is 11.9. The van der Waals surface area contributed by atoms with Gasteiger partial charge in [-0.2, -0.15) is 0 Å². The highest BCUT2D eigenvalue weighted by Crippen LogP contribution is 1.92. The van der Waals surface area contributed by atoms with Crippen LogP contribution in [0.1, 0.15) is 33.6 Å². The van der Waals surface area contributed by atoms with Crippen LogP contribution in [-0.2, 0) is 14.2 Å². The number of ether oxygens (including phenoxy) is 3. The second-order valence-corrected chi connectivity index (χ2v) is 3.44. The molecule has 0 atom stereocenters. The molecule has 0 spiro atoms. The van der Waals surface area contributed by atoms with Crippen LogP contribution in [0, 0.1) is 0 Å². The molecule has 86 valence electrons. The van der Waals surface area contributed by atoms with Crippen LogP contribution >= 0.6 is 0 Å². The van der Waals surface area contributed by atoms with Gasteiger partial charge in [-0.05, 0) is 33.6 Å². The molecule has 0 unspecified atom stereocenters. The molecule has 0 aromatic rings. The van der Waals surface area contributed by atoms with E-state index in [1.54, 1.807) is 0 Å². The Bertz CT molecular complexity index is 105. The Hall–Kier alpha value is -0.120. The van der Waals surface area contributed by atoms with Crippen LogP contribution in [0.5, 0.6) is 0 Å². The quantitative estimate of drug-likeness (QED) is 0.511. The van der Waals surface area contributed by atoms with Crippen molar-refractivity contribution < 1.29 is 14.2 Å². The maximum atomic E-state index is 5.40. The number of hydrogen-bond donors (Lipinski definition) is 0. The SMILES string of the molecule is CCOCCCOCCCOC(C)C. The molecule has 0 amide bonds. The molecule has 0 bridgehead atoms. The molecule has 14 heavy (non-hydrogen) atoms. The Labute approximate surface area is 87.7 Å². The molecule has 0 heterocycles. The molecular weight excluding hydrogens is 180 g/mol. The molecule has 0 aliphatic rings. The van der Waals surface area contributed by atoms with Gasteiger partial charge in [-0.3, -0.25) is 0 Å². The summed E-state index contributed by atoms with van der Waals surface area (Å²) >= 11 is 0. The summed E-state index contributed by atoms with van der Waals surface area (Å²) in [5.41, 5.74) is 0. The van der Waals surface area contributed by atoms with Crippen molar-refractivity contribution in [2.75, 3.05) is 33.0 Å². The highest BCUT2D eigenvalue weighted by molar-refractivity contribution is 4.40. The van der Waals surface area contributed by atoms with E-state index in [4.69, 9.17) is 14.2 Å². The van der Waals surface area contributed by atoms with Gasteiger partial charge >= 0.3 is 0 Å². The second kappa shape index (κ2) is 11.0. The van der Waals surface area contributed by atoms with Gasteiger partial charge in [0.05, 0.1) is 6.10 Å². The van der Waals surface area contributed by atoms with Crippen LogP contribution < -0.4 is 0 Å². The first kappa shape index (κ1) is 13.9. The predicted octanol–water partition coefficient (Wildman–Crippen LogP) is 2.24. The third-order valence-corrected chi connectivity index (χ3v) is 1.67. The molecular formula is C11H24O3. The number of rotatable bonds is 10. The van der Waals surface area contributed by atoms with Gasteiger partial charge < -0.3 is 14.2 Å². The monoisotopic (exact) mass is 204 g/mol. The van der Waals surface area contributed by atoms with Gasteiger partial charge in [-0.1, -0.05) is 0 Å². The van der Waals surface area contributed by atoms with Crippen LogP contribution in [0.4, 0.5) is 0 Å². The molecule has 0 saturated heterocycles. The fourth-order valence-corrected chi connectivity index (χ4v) is 0.989. The van der Waals surface area contributed by atoms with E-state index in [-0.39, 0.29) is 0 Å². The second-order valence-electron chi connectivity index (χ2n) is 3.44. The lowest BCUT2D eigenvalue weighted by molar-refractivity contribution is 0.0448. The van der Waals surface area contributed by atoms with Crippen LogP contribution in [-0.4, -0.2) is 39.1 Å². The lowest BCUT2D eigenvalue weighted by Crippen LogP contribution is -2.07. The Morgan fingerprint density at radius 2 is 1.43 bits per heavy atom. The third-order valence-electron chi connectivity index (χ3n) is 1.67. The van der Waals surface area contributed by atoms with E-state index >= 15 is 0 Å². The summed E-state index contributed by atoms with van der Waals surface area (Å²) in [7, 11) is 0. The fourth-order valence-electron chi connectivity index (χ4n) is 0.989. The van der Waals surface area contributed by atoms with Crippen molar-refractivity contribution in [2.45, 2.75) is 39.7 Å².